The van der Waals surface area contributed by atoms with E-state index in [2.05, 4.69) is 5.32 Å². The van der Waals surface area contributed by atoms with Crippen LogP contribution in [-0.4, -0.2) is 31.2 Å². The highest BCUT2D eigenvalue weighted by molar-refractivity contribution is 5.77. The van der Waals surface area contributed by atoms with E-state index in [1.54, 1.807) is 12.2 Å². The Morgan fingerprint density at radius 1 is 1.53 bits per heavy atom. The minimum absolute atomic E-state index is 0.0445. The largest absolute Gasteiger partial charge is 0.465 e. The summed E-state index contributed by atoms with van der Waals surface area (Å²) in [6, 6.07) is 3.77. The van der Waals surface area contributed by atoms with Gasteiger partial charge in [-0.15, -0.1) is 0 Å². The van der Waals surface area contributed by atoms with Crippen molar-refractivity contribution < 1.29 is 14.0 Å². The maximum absolute atomic E-state index is 11.5. The summed E-state index contributed by atoms with van der Waals surface area (Å²) in [5.74, 6) is 1.59. The monoisotopic (exact) mass is 240 g/mol. The minimum atomic E-state index is -0.0445. The highest BCUT2D eigenvalue weighted by Gasteiger charge is 2.12. The van der Waals surface area contributed by atoms with Crippen LogP contribution >= 0.6 is 0 Å². The molecule has 96 valence electrons. The Kier molecular flexibility index (Phi) is 5.72. The molecule has 0 fully saturated rings. The Morgan fingerprint density at radius 2 is 2.29 bits per heavy atom. The molecule has 0 aliphatic heterocycles. The Bertz CT molecular complexity index is 349. The quantitative estimate of drug-likeness (QED) is 0.733. The second-order valence-corrected chi connectivity index (χ2v) is 3.84. The van der Waals surface area contributed by atoms with Crippen molar-refractivity contribution in [3.05, 3.63) is 23.7 Å². The number of aryl methyl sites for hydroxylation is 1. The molecule has 0 aromatic carbocycles. The smallest absolute Gasteiger partial charge is 0.236 e. The van der Waals surface area contributed by atoms with E-state index in [-0.39, 0.29) is 12.5 Å². The number of hydroxylamine groups is 2. The summed E-state index contributed by atoms with van der Waals surface area (Å²) < 4.78 is 5.43. The molecule has 1 heterocycles. The summed E-state index contributed by atoms with van der Waals surface area (Å²) in [4.78, 5) is 16.6. The van der Waals surface area contributed by atoms with Crippen molar-refractivity contribution in [1.29, 1.82) is 0 Å². The summed E-state index contributed by atoms with van der Waals surface area (Å²) in [7, 11) is 1.54. The van der Waals surface area contributed by atoms with Crippen molar-refractivity contribution in [3.63, 3.8) is 0 Å². The predicted molar refractivity (Wildman–Crippen MR) is 64.2 cm³/mol. The van der Waals surface area contributed by atoms with Gasteiger partial charge < -0.3 is 14.6 Å². The van der Waals surface area contributed by atoms with Gasteiger partial charge >= 0.3 is 0 Å². The first-order valence-corrected chi connectivity index (χ1v) is 5.76. The van der Waals surface area contributed by atoms with Crippen LogP contribution in [0, 0.1) is 6.92 Å². The molecule has 1 amide bonds. The number of furan rings is 1. The van der Waals surface area contributed by atoms with Gasteiger partial charge in [0, 0.05) is 6.54 Å². The Balaban J connectivity index is 2.40. The average molecular weight is 240 g/mol. The van der Waals surface area contributed by atoms with Crippen molar-refractivity contribution in [1.82, 2.24) is 10.4 Å². The molecular weight excluding hydrogens is 220 g/mol. The molecule has 0 spiro atoms. The Hall–Kier alpha value is -1.33. The standard InChI is InChI=1S/C12H20N2O3/c1-4-7-13-12(15)9-14(16-3)8-11-6-5-10(2)17-11/h5-6H,4,7-9H2,1-3H3,(H,13,15). The number of rotatable bonds is 7. The summed E-state index contributed by atoms with van der Waals surface area (Å²) >= 11 is 0. The second-order valence-electron chi connectivity index (χ2n) is 3.84. The number of hydrogen-bond acceptors (Lipinski definition) is 4. The topological polar surface area (TPSA) is 54.7 Å². The molecule has 0 atom stereocenters. The second kappa shape index (κ2) is 7.09. The van der Waals surface area contributed by atoms with Gasteiger partial charge in [-0.1, -0.05) is 6.92 Å². The van der Waals surface area contributed by atoms with Gasteiger partial charge in [-0.2, -0.15) is 5.06 Å². The van der Waals surface area contributed by atoms with Gasteiger partial charge in [-0.25, -0.2) is 0 Å². The van der Waals surface area contributed by atoms with Crippen molar-refractivity contribution >= 4 is 5.91 Å². The maximum Gasteiger partial charge on any atom is 0.236 e. The van der Waals surface area contributed by atoms with E-state index in [0.717, 1.165) is 17.9 Å². The van der Waals surface area contributed by atoms with Crippen LogP contribution in [-0.2, 0) is 16.2 Å². The fraction of sp³-hybridized carbons (Fsp3) is 0.583. The lowest BCUT2D eigenvalue weighted by Gasteiger charge is -2.17. The first kappa shape index (κ1) is 13.7. The van der Waals surface area contributed by atoms with Crippen molar-refractivity contribution in [2.75, 3.05) is 20.2 Å². The van der Waals surface area contributed by atoms with Crippen LogP contribution in [0.3, 0.4) is 0 Å². The molecule has 5 nitrogen and oxygen atoms in total. The molecule has 0 bridgehead atoms. The Morgan fingerprint density at radius 3 is 2.82 bits per heavy atom. The van der Waals surface area contributed by atoms with Crippen LogP contribution in [0.1, 0.15) is 24.9 Å². The van der Waals surface area contributed by atoms with Gasteiger partial charge in [-0.3, -0.25) is 4.79 Å². The highest BCUT2D eigenvalue weighted by atomic mass is 16.7. The third kappa shape index (κ3) is 5.01. The van der Waals surface area contributed by atoms with E-state index in [1.165, 1.54) is 0 Å². The van der Waals surface area contributed by atoms with E-state index >= 15 is 0 Å². The minimum Gasteiger partial charge on any atom is -0.465 e. The molecular formula is C12H20N2O3. The third-order valence-corrected chi connectivity index (χ3v) is 2.28. The number of carbonyl (C=O) groups is 1. The van der Waals surface area contributed by atoms with Crippen molar-refractivity contribution in [2.24, 2.45) is 0 Å². The number of amides is 1. The Labute approximate surface area is 102 Å². The van der Waals surface area contributed by atoms with Gasteiger partial charge in [-0.05, 0) is 25.5 Å². The molecule has 0 unspecified atom stereocenters. The van der Waals surface area contributed by atoms with Gasteiger partial charge in [0.1, 0.15) is 18.1 Å². The fourth-order valence-electron chi connectivity index (χ4n) is 1.41. The number of carbonyl (C=O) groups excluding carboxylic acids is 1. The van der Waals surface area contributed by atoms with E-state index < -0.39 is 0 Å². The predicted octanol–water partition coefficient (Wildman–Crippen LogP) is 1.48. The van der Waals surface area contributed by atoms with Crippen LogP contribution in [0.4, 0.5) is 0 Å². The molecule has 1 N–H and O–H groups in total. The van der Waals surface area contributed by atoms with Crippen LogP contribution < -0.4 is 5.32 Å². The maximum atomic E-state index is 11.5. The van der Waals surface area contributed by atoms with Crippen LogP contribution in [0.2, 0.25) is 0 Å². The summed E-state index contributed by atoms with van der Waals surface area (Å²) in [5, 5.41) is 4.36. The van der Waals surface area contributed by atoms with Crippen LogP contribution in [0.5, 0.6) is 0 Å². The van der Waals surface area contributed by atoms with Crippen LogP contribution in [0.15, 0.2) is 16.5 Å². The van der Waals surface area contributed by atoms with Gasteiger partial charge in [0.2, 0.25) is 5.91 Å². The lowest BCUT2D eigenvalue weighted by Crippen LogP contribution is -2.36. The molecule has 0 radical (unpaired) electrons. The first-order chi connectivity index (χ1) is 8.15. The zero-order chi connectivity index (χ0) is 12.7. The normalized spacial score (nSPS) is 10.8. The molecule has 1 rings (SSSR count). The summed E-state index contributed by atoms with van der Waals surface area (Å²) in [5.41, 5.74) is 0. The molecule has 0 saturated heterocycles. The van der Waals surface area contributed by atoms with Gasteiger partial charge in [0.15, 0.2) is 0 Å². The van der Waals surface area contributed by atoms with Crippen molar-refractivity contribution in [2.45, 2.75) is 26.8 Å². The summed E-state index contributed by atoms with van der Waals surface area (Å²) in [6.07, 6.45) is 0.927. The third-order valence-electron chi connectivity index (χ3n) is 2.28. The highest BCUT2D eigenvalue weighted by Crippen LogP contribution is 2.09. The molecule has 1 aromatic heterocycles. The number of nitrogens with zero attached hydrogens (tertiary/aromatic N) is 1. The molecule has 0 aliphatic carbocycles. The number of nitrogens with one attached hydrogen (secondary N) is 1. The molecule has 1 aromatic rings. The summed E-state index contributed by atoms with van der Waals surface area (Å²) in [6.45, 7) is 5.25. The average Bonchev–Trinajstić information content (AvgIpc) is 2.71. The zero-order valence-electron chi connectivity index (χ0n) is 10.7. The molecule has 5 heteroatoms. The SMILES string of the molecule is CCCNC(=O)CN(Cc1ccc(C)o1)OC. The van der Waals surface area contributed by atoms with Crippen LogP contribution in [0.25, 0.3) is 0 Å². The van der Waals surface area contributed by atoms with E-state index in [0.29, 0.717) is 13.1 Å². The first-order valence-electron chi connectivity index (χ1n) is 5.76. The van der Waals surface area contributed by atoms with E-state index in [1.807, 2.05) is 26.0 Å². The lowest BCUT2D eigenvalue weighted by atomic mass is 10.4. The van der Waals surface area contributed by atoms with Crippen molar-refractivity contribution in [3.8, 4) is 0 Å². The van der Waals surface area contributed by atoms with Gasteiger partial charge in [0.25, 0.3) is 0 Å². The molecule has 0 saturated carbocycles. The fourth-order valence-corrected chi connectivity index (χ4v) is 1.41. The van der Waals surface area contributed by atoms with E-state index in [4.69, 9.17) is 9.25 Å². The lowest BCUT2D eigenvalue weighted by molar-refractivity contribution is -0.157. The zero-order valence-corrected chi connectivity index (χ0v) is 10.7. The van der Waals surface area contributed by atoms with Gasteiger partial charge in [0.05, 0.1) is 13.7 Å². The molecule has 17 heavy (non-hydrogen) atoms. The number of hydrogen-bond donors (Lipinski definition) is 1. The van der Waals surface area contributed by atoms with E-state index in [9.17, 15) is 4.79 Å². The molecule has 0 aliphatic rings.